The van der Waals surface area contributed by atoms with Crippen LogP contribution in [-0.4, -0.2) is 34.0 Å². The van der Waals surface area contributed by atoms with Gasteiger partial charge in [-0.3, -0.25) is 4.79 Å². The van der Waals surface area contributed by atoms with E-state index in [1.807, 2.05) is 0 Å². The average Bonchev–Trinajstić information content (AvgIpc) is 2.58. The minimum atomic E-state index is -1.03. The van der Waals surface area contributed by atoms with Crippen molar-refractivity contribution in [3.05, 3.63) is 40.3 Å². The molecular formula is C13H13ClN7NaO4. The number of rotatable bonds is 5. The van der Waals surface area contributed by atoms with Crippen molar-refractivity contribution >= 4 is 40.7 Å². The number of nitrogen functional groups attached to an aromatic ring is 2. The molecule has 13 heteroatoms. The molecule has 7 N–H and O–H groups in total. The molecule has 11 nitrogen and oxygen atoms in total. The maximum absolute atomic E-state index is 11.9. The van der Waals surface area contributed by atoms with Gasteiger partial charge in [-0.1, -0.05) is 11.6 Å². The molecule has 1 amide bonds. The van der Waals surface area contributed by atoms with E-state index in [0.717, 1.165) is 6.20 Å². The van der Waals surface area contributed by atoms with Crippen molar-refractivity contribution in [1.82, 2.24) is 15.3 Å². The van der Waals surface area contributed by atoms with E-state index < -0.39 is 17.6 Å². The summed E-state index contributed by atoms with van der Waals surface area (Å²) in [6.45, 7) is 0. The third-order valence-corrected chi connectivity index (χ3v) is 3.03. The van der Waals surface area contributed by atoms with Crippen LogP contribution in [0.1, 0.15) is 20.8 Å². The molecule has 0 aliphatic heterocycles. The quantitative estimate of drug-likeness (QED) is 0.125. The Morgan fingerprint density at radius 2 is 2.04 bits per heavy atom. The normalized spacial score (nSPS) is 9.77. The number of phenols is 1. The van der Waals surface area contributed by atoms with Gasteiger partial charge in [0.1, 0.15) is 16.5 Å². The monoisotopic (exact) mass is 389 g/mol. The van der Waals surface area contributed by atoms with Crippen LogP contribution in [0.25, 0.3) is 5.59 Å². The molecule has 0 atom stereocenters. The number of carbonyl (C=O) groups is 2. The van der Waals surface area contributed by atoms with Crippen LogP contribution in [0.4, 0.5) is 17.2 Å². The second-order valence-electron chi connectivity index (χ2n) is 4.56. The maximum Gasteiger partial charge on any atom is 1.00 e. The van der Waals surface area contributed by atoms with Crippen molar-refractivity contribution in [3.8, 4) is 5.75 Å². The van der Waals surface area contributed by atoms with Crippen LogP contribution in [0, 0.1) is 0 Å². The van der Waals surface area contributed by atoms with Crippen molar-refractivity contribution in [2.75, 3.05) is 23.9 Å². The summed E-state index contributed by atoms with van der Waals surface area (Å²) in [5.74, 6) is -2.22. The Labute approximate surface area is 174 Å². The first-order chi connectivity index (χ1) is 11.8. The van der Waals surface area contributed by atoms with Gasteiger partial charge in [-0.25, -0.2) is 14.8 Å². The van der Waals surface area contributed by atoms with E-state index in [4.69, 9.17) is 23.1 Å². The Bertz CT molecular complexity index is 836. The minimum Gasteiger partial charge on any atom is -0.541 e. The molecule has 0 aliphatic carbocycles. The van der Waals surface area contributed by atoms with Crippen LogP contribution >= 0.6 is 11.6 Å². The zero-order valence-corrected chi connectivity index (χ0v) is 16.5. The van der Waals surface area contributed by atoms with Crippen LogP contribution in [0.3, 0.4) is 0 Å². The van der Waals surface area contributed by atoms with Gasteiger partial charge in [0.05, 0.1) is 11.9 Å². The van der Waals surface area contributed by atoms with Crippen molar-refractivity contribution in [3.63, 3.8) is 0 Å². The molecule has 132 valence electrons. The van der Waals surface area contributed by atoms with Crippen LogP contribution in [-0.2, 0) is 4.84 Å². The standard InChI is InChI=1S/C13H14ClN7O4.Na/c1-17-12(23)9-11(18-4-8(14)19-9)20-21-25-13(24)6-2-5(15)3-7(16)10(6)22;/h2-4H,1H3,(H8,15,16,17,18,19,20,21,22,23,24);/q;+1/p-1. The van der Waals surface area contributed by atoms with E-state index in [1.54, 1.807) is 0 Å². The van der Waals surface area contributed by atoms with Crippen molar-refractivity contribution < 1.29 is 49.1 Å². The van der Waals surface area contributed by atoms with Gasteiger partial charge in [-0.05, 0) is 12.1 Å². The molecule has 0 aliphatic rings. The summed E-state index contributed by atoms with van der Waals surface area (Å²) in [6.07, 6.45) is 1.16. The molecule has 0 radical (unpaired) electrons. The smallest absolute Gasteiger partial charge is 0.541 e. The zero-order valence-electron chi connectivity index (χ0n) is 13.8. The Balaban J connectivity index is 0.00000338. The van der Waals surface area contributed by atoms with Crippen LogP contribution < -0.4 is 51.8 Å². The molecule has 1 aromatic heterocycles. The molecule has 0 saturated heterocycles. The zero-order chi connectivity index (χ0) is 18.6. The number of hydrogen-bond acceptors (Lipinski definition) is 9. The largest absolute Gasteiger partial charge is 1.00 e. The number of hydrogen-bond donors (Lipinski definition) is 5. The second kappa shape index (κ2) is 9.40. The molecule has 0 bridgehead atoms. The summed E-state index contributed by atoms with van der Waals surface area (Å²) >= 11 is 5.68. The van der Waals surface area contributed by atoms with Gasteiger partial charge >= 0.3 is 35.5 Å². The topological polar surface area (TPSA) is 180 Å². The first-order valence-corrected chi connectivity index (χ1v) is 7.01. The van der Waals surface area contributed by atoms with Crippen molar-refractivity contribution in [2.24, 2.45) is 0 Å². The van der Waals surface area contributed by atoms with Crippen LogP contribution in [0.5, 0.6) is 5.75 Å². The molecule has 1 heterocycles. The number of aromatic nitrogens is 2. The van der Waals surface area contributed by atoms with E-state index in [2.05, 4.69) is 31.1 Å². The maximum atomic E-state index is 11.9. The second-order valence-corrected chi connectivity index (χ2v) is 4.94. The Morgan fingerprint density at radius 1 is 1.35 bits per heavy atom. The van der Waals surface area contributed by atoms with E-state index in [-0.39, 0.29) is 63.2 Å². The Kier molecular flexibility index (Phi) is 7.86. The summed E-state index contributed by atoms with van der Waals surface area (Å²) in [4.78, 5) is 35.8. The molecule has 26 heavy (non-hydrogen) atoms. The third kappa shape index (κ3) is 5.09. The predicted octanol–water partition coefficient (Wildman–Crippen LogP) is -2.16. The molecule has 0 unspecified atom stereocenters. The number of benzene rings is 1. The van der Waals surface area contributed by atoms with E-state index >= 15 is 0 Å². The van der Waals surface area contributed by atoms with Gasteiger partial charge in [0, 0.05) is 12.7 Å². The molecule has 2 aromatic rings. The van der Waals surface area contributed by atoms with Gasteiger partial charge < -0.3 is 37.7 Å². The van der Waals surface area contributed by atoms with Gasteiger partial charge in [-0.15, -0.1) is 0 Å². The molecule has 1 aromatic carbocycles. The van der Waals surface area contributed by atoms with Crippen molar-refractivity contribution in [1.29, 1.82) is 0 Å². The number of nitrogens with one attached hydrogen (secondary N) is 2. The molecule has 0 spiro atoms. The predicted molar refractivity (Wildman–Crippen MR) is 89.8 cm³/mol. The van der Waals surface area contributed by atoms with Crippen LogP contribution in [0.2, 0.25) is 5.15 Å². The number of amides is 1. The molecule has 0 fully saturated rings. The van der Waals surface area contributed by atoms with E-state index in [0.29, 0.717) is 0 Å². The Morgan fingerprint density at radius 3 is 2.69 bits per heavy atom. The van der Waals surface area contributed by atoms with Gasteiger partial charge in [0.2, 0.25) is 0 Å². The molecular weight excluding hydrogens is 377 g/mol. The number of carbonyl (C=O) groups excluding carboxylic acids is 2. The number of nitrogens with two attached hydrogens (primary N) is 2. The third-order valence-electron chi connectivity index (χ3n) is 2.85. The number of phenolic OH excluding ortho intramolecular Hbond substituents is 1. The summed E-state index contributed by atoms with van der Waals surface area (Å²) in [5.41, 5.74) is 16.2. The van der Waals surface area contributed by atoms with Gasteiger partial charge in [-0.2, -0.15) is 0 Å². The first-order valence-electron chi connectivity index (χ1n) is 6.63. The average molecular weight is 390 g/mol. The number of nitrogens with zero attached hydrogens (tertiary/aromatic N) is 3. The number of anilines is 3. The summed E-state index contributed by atoms with van der Waals surface area (Å²) in [7, 11) is 1.39. The number of halogens is 1. The molecule has 0 saturated carbocycles. The first kappa shape index (κ1) is 21.7. The minimum absolute atomic E-state index is 0. The van der Waals surface area contributed by atoms with E-state index in [1.165, 1.54) is 19.2 Å². The van der Waals surface area contributed by atoms with Gasteiger partial charge in [0.15, 0.2) is 11.4 Å². The van der Waals surface area contributed by atoms with Crippen LogP contribution in [0.15, 0.2) is 18.3 Å². The fraction of sp³-hybridized carbons (Fsp3) is 0.0769. The fourth-order valence-electron chi connectivity index (χ4n) is 1.72. The summed E-state index contributed by atoms with van der Waals surface area (Å²) in [5, 5.41) is 12.1. The fourth-order valence-corrected chi connectivity index (χ4v) is 1.85. The SMILES string of the molecule is CNC(=O)c1nc(Cl)cnc1N[N-]OC(=O)c1cc(N)cc(N)c1O.[Na+]. The Hall–Kier alpha value is -2.31. The van der Waals surface area contributed by atoms with E-state index in [9.17, 15) is 14.7 Å². The summed E-state index contributed by atoms with van der Waals surface area (Å²) in [6, 6.07) is 2.45. The number of aromatic hydroxyl groups is 1. The molecule has 2 rings (SSSR count). The van der Waals surface area contributed by atoms with Gasteiger partial charge in [0.25, 0.3) is 5.91 Å². The summed E-state index contributed by atoms with van der Waals surface area (Å²) < 4.78 is 0. The van der Waals surface area contributed by atoms with Crippen molar-refractivity contribution in [2.45, 2.75) is 0 Å².